The fourth-order valence-corrected chi connectivity index (χ4v) is 2.87. The van der Waals surface area contributed by atoms with E-state index in [9.17, 15) is 4.79 Å². The molecule has 0 aromatic heterocycles. The van der Waals surface area contributed by atoms with Gasteiger partial charge in [0, 0.05) is 26.2 Å². The van der Waals surface area contributed by atoms with Crippen LogP contribution in [0.3, 0.4) is 0 Å². The van der Waals surface area contributed by atoms with Crippen LogP contribution < -0.4 is 4.74 Å². The van der Waals surface area contributed by atoms with Gasteiger partial charge in [0.15, 0.2) is 6.10 Å². The molecule has 0 radical (unpaired) electrons. The number of hydrogen-bond donors (Lipinski definition) is 0. The van der Waals surface area contributed by atoms with Gasteiger partial charge in [0.25, 0.3) is 5.91 Å². The first-order valence-corrected chi connectivity index (χ1v) is 8.33. The second kappa shape index (κ2) is 7.84. The van der Waals surface area contributed by atoms with Gasteiger partial charge in [0.05, 0.1) is 5.02 Å². The molecule has 22 heavy (non-hydrogen) atoms. The number of amides is 1. The molecule has 1 aliphatic rings. The first kappa shape index (κ1) is 17.1. The van der Waals surface area contributed by atoms with Crippen molar-refractivity contribution in [2.75, 3.05) is 32.7 Å². The summed E-state index contributed by atoms with van der Waals surface area (Å²) in [6, 6.07) is 5.59. The van der Waals surface area contributed by atoms with Crippen LogP contribution in [0.4, 0.5) is 0 Å². The highest BCUT2D eigenvalue weighted by Crippen LogP contribution is 2.26. The number of nitrogens with zero attached hydrogens (tertiary/aromatic N) is 2. The third-order valence-electron chi connectivity index (χ3n) is 3.96. The molecule has 122 valence electrons. The molecule has 0 bridgehead atoms. The lowest BCUT2D eigenvalue weighted by molar-refractivity contribution is -0.139. The van der Waals surface area contributed by atoms with Crippen LogP contribution in [0.2, 0.25) is 5.02 Å². The fourth-order valence-electron chi connectivity index (χ4n) is 2.71. The fraction of sp³-hybridized carbons (Fsp3) is 0.588. The standard InChI is InChI=1S/C17H25ClN2O2/c1-4-7-19-8-10-20(11-9-19)17(21)14(3)22-16-12-13(2)5-6-15(16)18/h5-6,12,14H,4,7-11H2,1-3H3/t14-/m0/s1. The molecule has 1 amide bonds. The highest BCUT2D eigenvalue weighted by molar-refractivity contribution is 6.32. The van der Waals surface area contributed by atoms with Gasteiger partial charge >= 0.3 is 0 Å². The summed E-state index contributed by atoms with van der Waals surface area (Å²) in [6.45, 7) is 10.5. The van der Waals surface area contributed by atoms with Gasteiger partial charge in [-0.15, -0.1) is 0 Å². The Hall–Kier alpha value is -1.26. The Bertz CT molecular complexity index is 513. The van der Waals surface area contributed by atoms with Crippen molar-refractivity contribution in [1.82, 2.24) is 9.80 Å². The summed E-state index contributed by atoms with van der Waals surface area (Å²) in [5.41, 5.74) is 1.06. The lowest BCUT2D eigenvalue weighted by atomic mass is 10.2. The third kappa shape index (κ3) is 4.37. The number of halogens is 1. The molecular formula is C17H25ClN2O2. The third-order valence-corrected chi connectivity index (χ3v) is 4.27. The Morgan fingerprint density at radius 3 is 2.64 bits per heavy atom. The maximum atomic E-state index is 12.5. The van der Waals surface area contributed by atoms with Crippen molar-refractivity contribution in [2.24, 2.45) is 0 Å². The largest absolute Gasteiger partial charge is 0.479 e. The first-order valence-electron chi connectivity index (χ1n) is 7.95. The van der Waals surface area contributed by atoms with Gasteiger partial charge in [-0.3, -0.25) is 9.69 Å². The molecule has 0 unspecified atom stereocenters. The van der Waals surface area contributed by atoms with Crippen molar-refractivity contribution < 1.29 is 9.53 Å². The van der Waals surface area contributed by atoms with E-state index < -0.39 is 6.10 Å². The molecule has 0 N–H and O–H groups in total. The number of benzene rings is 1. The van der Waals surface area contributed by atoms with Gasteiger partial charge in [-0.1, -0.05) is 24.6 Å². The van der Waals surface area contributed by atoms with Crippen molar-refractivity contribution in [3.8, 4) is 5.75 Å². The number of hydrogen-bond acceptors (Lipinski definition) is 3. The number of aryl methyl sites for hydroxylation is 1. The Morgan fingerprint density at radius 2 is 2.00 bits per heavy atom. The number of carbonyl (C=O) groups is 1. The van der Waals surface area contributed by atoms with Crippen LogP contribution in [0.1, 0.15) is 25.8 Å². The van der Waals surface area contributed by atoms with E-state index in [2.05, 4.69) is 11.8 Å². The van der Waals surface area contributed by atoms with Crippen molar-refractivity contribution in [1.29, 1.82) is 0 Å². The van der Waals surface area contributed by atoms with Crippen molar-refractivity contribution in [2.45, 2.75) is 33.3 Å². The Balaban J connectivity index is 1.91. The molecule has 1 heterocycles. The lowest BCUT2D eigenvalue weighted by Gasteiger charge is -2.35. The molecule has 4 nitrogen and oxygen atoms in total. The smallest absolute Gasteiger partial charge is 0.263 e. The lowest BCUT2D eigenvalue weighted by Crippen LogP contribution is -2.51. The summed E-state index contributed by atoms with van der Waals surface area (Å²) in [5.74, 6) is 0.612. The second-order valence-corrected chi connectivity index (χ2v) is 6.27. The molecule has 0 spiro atoms. The average molecular weight is 325 g/mol. The topological polar surface area (TPSA) is 32.8 Å². The van der Waals surface area contributed by atoms with E-state index in [4.69, 9.17) is 16.3 Å². The van der Waals surface area contributed by atoms with Crippen LogP contribution in [-0.4, -0.2) is 54.5 Å². The summed E-state index contributed by atoms with van der Waals surface area (Å²) in [5, 5.41) is 0.540. The van der Waals surface area contributed by atoms with Gasteiger partial charge in [0.1, 0.15) is 5.75 Å². The average Bonchev–Trinajstić information content (AvgIpc) is 2.51. The maximum absolute atomic E-state index is 12.5. The van der Waals surface area contributed by atoms with E-state index in [1.54, 1.807) is 13.0 Å². The van der Waals surface area contributed by atoms with Gasteiger partial charge in [-0.2, -0.15) is 0 Å². The van der Waals surface area contributed by atoms with E-state index in [0.717, 1.165) is 44.7 Å². The predicted octanol–water partition coefficient (Wildman–Crippen LogP) is 2.97. The molecular weight excluding hydrogens is 300 g/mol. The Labute approximate surface area is 138 Å². The SMILES string of the molecule is CCCN1CCN(C(=O)[C@H](C)Oc2cc(C)ccc2Cl)CC1. The zero-order valence-electron chi connectivity index (χ0n) is 13.6. The summed E-state index contributed by atoms with van der Waals surface area (Å²) in [7, 11) is 0. The Morgan fingerprint density at radius 1 is 1.32 bits per heavy atom. The van der Waals surface area contributed by atoms with Crippen LogP contribution in [0.15, 0.2) is 18.2 Å². The van der Waals surface area contributed by atoms with Crippen LogP contribution in [0.25, 0.3) is 0 Å². The number of rotatable bonds is 5. The van der Waals surface area contributed by atoms with Crippen LogP contribution in [0.5, 0.6) is 5.75 Å². The van der Waals surface area contributed by atoms with E-state index in [1.165, 1.54) is 0 Å². The highest BCUT2D eigenvalue weighted by atomic mass is 35.5. The maximum Gasteiger partial charge on any atom is 0.263 e. The summed E-state index contributed by atoms with van der Waals surface area (Å²) >= 11 is 6.13. The normalized spacial score (nSPS) is 17.4. The minimum atomic E-state index is -0.517. The van der Waals surface area contributed by atoms with Crippen LogP contribution in [-0.2, 0) is 4.79 Å². The Kier molecular flexibility index (Phi) is 6.09. The van der Waals surface area contributed by atoms with Crippen LogP contribution >= 0.6 is 11.6 Å². The molecule has 1 aromatic carbocycles. The van der Waals surface area contributed by atoms with Crippen molar-refractivity contribution in [3.63, 3.8) is 0 Å². The van der Waals surface area contributed by atoms with E-state index >= 15 is 0 Å². The summed E-state index contributed by atoms with van der Waals surface area (Å²) in [4.78, 5) is 16.8. The van der Waals surface area contributed by atoms with Gasteiger partial charge < -0.3 is 9.64 Å². The zero-order valence-corrected chi connectivity index (χ0v) is 14.4. The molecule has 1 aromatic rings. The number of piperazine rings is 1. The molecule has 2 rings (SSSR count). The molecule has 1 aliphatic heterocycles. The van der Waals surface area contributed by atoms with Crippen molar-refractivity contribution >= 4 is 17.5 Å². The highest BCUT2D eigenvalue weighted by Gasteiger charge is 2.26. The van der Waals surface area contributed by atoms with Crippen molar-refractivity contribution in [3.05, 3.63) is 28.8 Å². The number of ether oxygens (including phenoxy) is 1. The minimum Gasteiger partial charge on any atom is -0.479 e. The summed E-state index contributed by atoms with van der Waals surface area (Å²) < 4.78 is 5.78. The van der Waals surface area contributed by atoms with Gasteiger partial charge in [-0.25, -0.2) is 0 Å². The first-order chi connectivity index (χ1) is 10.5. The summed E-state index contributed by atoms with van der Waals surface area (Å²) in [6.07, 6.45) is 0.635. The van der Waals surface area contributed by atoms with Crippen LogP contribution in [0, 0.1) is 6.92 Å². The van der Waals surface area contributed by atoms with E-state index in [-0.39, 0.29) is 5.91 Å². The molecule has 1 fully saturated rings. The quantitative estimate of drug-likeness (QED) is 0.834. The minimum absolute atomic E-state index is 0.0359. The zero-order chi connectivity index (χ0) is 16.1. The molecule has 1 atom stereocenters. The monoisotopic (exact) mass is 324 g/mol. The predicted molar refractivity (Wildman–Crippen MR) is 89.6 cm³/mol. The molecule has 0 aliphatic carbocycles. The van der Waals surface area contributed by atoms with E-state index in [1.807, 2.05) is 24.0 Å². The second-order valence-electron chi connectivity index (χ2n) is 5.86. The molecule has 1 saturated heterocycles. The van der Waals surface area contributed by atoms with E-state index in [0.29, 0.717) is 10.8 Å². The molecule has 5 heteroatoms. The van der Waals surface area contributed by atoms with Gasteiger partial charge in [0.2, 0.25) is 0 Å². The van der Waals surface area contributed by atoms with Gasteiger partial charge in [-0.05, 0) is 44.5 Å². The number of carbonyl (C=O) groups excluding carboxylic acids is 1. The molecule has 0 saturated carbocycles.